The summed E-state index contributed by atoms with van der Waals surface area (Å²) in [5, 5.41) is 0. The summed E-state index contributed by atoms with van der Waals surface area (Å²) >= 11 is 0. The number of piperidine rings is 1. The van der Waals surface area contributed by atoms with Crippen molar-refractivity contribution in [1.82, 2.24) is 19.6 Å². The number of carbonyl (C=O) groups excluding carboxylic acids is 1. The molecule has 2 aromatic carbocycles. The lowest BCUT2D eigenvalue weighted by molar-refractivity contribution is -0.134. The Bertz CT molecular complexity index is 1230. The van der Waals surface area contributed by atoms with Gasteiger partial charge in [-0.2, -0.15) is 4.72 Å². The summed E-state index contributed by atoms with van der Waals surface area (Å²) in [4.78, 5) is 22.8. The van der Waals surface area contributed by atoms with Crippen molar-refractivity contribution in [1.29, 1.82) is 0 Å². The molecule has 2 N–H and O–H groups in total. The van der Waals surface area contributed by atoms with Gasteiger partial charge < -0.3 is 9.88 Å². The Kier molecular flexibility index (Phi) is 6.35. The standard InChI is InChI=1S/C24H30N4O3S/c1-16-8-10-28(11-9-16)24(29)22(14-19-6-7-20-21(13-19)26-15-25-20)27-32(30,31)23-12-17(2)4-5-18(23)3/h4-7,12-13,15-16,22,27H,8-11,14H2,1-3H3,(H,25,26). The number of aryl methyl sites for hydroxylation is 2. The molecule has 32 heavy (non-hydrogen) atoms. The molecule has 0 bridgehead atoms. The Balaban J connectivity index is 1.64. The van der Waals surface area contributed by atoms with Crippen LogP contribution in [0.4, 0.5) is 0 Å². The van der Waals surface area contributed by atoms with Crippen LogP contribution in [-0.4, -0.2) is 48.3 Å². The molecule has 1 atom stereocenters. The first-order valence-electron chi connectivity index (χ1n) is 11.0. The van der Waals surface area contributed by atoms with Crippen molar-refractivity contribution in [3.05, 3.63) is 59.4 Å². The molecular formula is C24H30N4O3S. The molecule has 1 aliphatic heterocycles. The van der Waals surface area contributed by atoms with Crippen molar-refractivity contribution in [2.24, 2.45) is 5.92 Å². The summed E-state index contributed by atoms with van der Waals surface area (Å²) in [7, 11) is -3.88. The SMILES string of the molecule is Cc1ccc(C)c(S(=O)(=O)NC(Cc2ccc3nc[nH]c3c2)C(=O)N2CCC(C)CC2)c1. The Morgan fingerprint density at radius 3 is 2.69 bits per heavy atom. The summed E-state index contributed by atoms with van der Waals surface area (Å²) in [6.07, 6.45) is 3.75. The van der Waals surface area contributed by atoms with Gasteiger partial charge in [0.2, 0.25) is 15.9 Å². The lowest BCUT2D eigenvalue weighted by Crippen LogP contribution is -2.51. The highest BCUT2D eigenvalue weighted by Gasteiger charge is 2.31. The Hall–Kier alpha value is -2.71. The zero-order valence-corrected chi connectivity index (χ0v) is 19.6. The maximum Gasteiger partial charge on any atom is 0.241 e. The quantitative estimate of drug-likeness (QED) is 0.597. The number of H-pyrrole nitrogens is 1. The van der Waals surface area contributed by atoms with E-state index in [0.717, 1.165) is 35.0 Å². The molecule has 170 valence electrons. The molecule has 8 heteroatoms. The Morgan fingerprint density at radius 1 is 1.19 bits per heavy atom. The van der Waals surface area contributed by atoms with Gasteiger partial charge in [-0.15, -0.1) is 0 Å². The first-order valence-corrected chi connectivity index (χ1v) is 12.5. The topological polar surface area (TPSA) is 95.2 Å². The van der Waals surface area contributed by atoms with Crippen molar-refractivity contribution in [2.75, 3.05) is 13.1 Å². The lowest BCUT2D eigenvalue weighted by Gasteiger charge is -2.33. The molecule has 4 rings (SSSR count). The minimum absolute atomic E-state index is 0.171. The third kappa shape index (κ3) is 4.86. The average Bonchev–Trinajstić information content (AvgIpc) is 3.23. The van der Waals surface area contributed by atoms with Crippen molar-refractivity contribution >= 4 is 27.0 Å². The van der Waals surface area contributed by atoms with Gasteiger partial charge in [-0.3, -0.25) is 4.79 Å². The van der Waals surface area contributed by atoms with Crippen LogP contribution >= 0.6 is 0 Å². The normalized spacial score (nSPS) is 16.4. The highest BCUT2D eigenvalue weighted by atomic mass is 32.2. The number of likely N-dealkylation sites (tertiary alicyclic amines) is 1. The number of aromatic amines is 1. The number of nitrogens with one attached hydrogen (secondary N) is 2. The van der Waals surface area contributed by atoms with Crippen LogP contribution in [0.1, 0.15) is 36.5 Å². The van der Waals surface area contributed by atoms with Crippen molar-refractivity contribution < 1.29 is 13.2 Å². The molecule has 0 aliphatic carbocycles. The van der Waals surface area contributed by atoms with E-state index < -0.39 is 16.1 Å². The van der Waals surface area contributed by atoms with Gasteiger partial charge in [0.15, 0.2) is 0 Å². The molecule has 3 aromatic rings. The number of nitrogens with zero attached hydrogens (tertiary/aromatic N) is 2. The minimum Gasteiger partial charge on any atom is -0.345 e. The smallest absolute Gasteiger partial charge is 0.241 e. The van der Waals surface area contributed by atoms with Crippen LogP contribution in [0, 0.1) is 19.8 Å². The molecule has 1 aromatic heterocycles. The third-order valence-corrected chi connectivity index (χ3v) is 7.86. The predicted molar refractivity (Wildman–Crippen MR) is 125 cm³/mol. The number of aromatic nitrogens is 2. The van der Waals surface area contributed by atoms with Crippen molar-refractivity contribution in [3.63, 3.8) is 0 Å². The molecule has 2 heterocycles. The first kappa shape index (κ1) is 22.5. The zero-order chi connectivity index (χ0) is 22.9. The van der Waals surface area contributed by atoms with Gasteiger partial charge in [0.05, 0.1) is 22.3 Å². The van der Waals surface area contributed by atoms with E-state index in [-0.39, 0.29) is 17.2 Å². The van der Waals surface area contributed by atoms with E-state index in [1.807, 2.05) is 31.2 Å². The predicted octanol–water partition coefficient (Wildman–Crippen LogP) is 3.33. The van der Waals surface area contributed by atoms with Gasteiger partial charge in [-0.05, 0) is 73.9 Å². The van der Waals surface area contributed by atoms with Crippen LogP contribution in [0.5, 0.6) is 0 Å². The second-order valence-electron chi connectivity index (χ2n) is 8.91. The van der Waals surface area contributed by atoms with Crippen LogP contribution < -0.4 is 4.72 Å². The van der Waals surface area contributed by atoms with Crippen LogP contribution in [0.15, 0.2) is 47.6 Å². The molecule has 1 amide bonds. The van der Waals surface area contributed by atoms with Gasteiger partial charge in [-0.1, -0.05) is 25.1 Å². The fourth-order valence-electron chi connectivity index (χ4n) is 4.22. The second kappa shape index (κ2) is 9.03. The van der Waals surface area contributed by atoms with Gasteiger partial charge in [-0.25, -0.2) is 13.4 Å². The molecule has 1 aliphatic rings. The van der Waals surface area contributed by atoms with E-state index in [1.54, 1.807) is 30.3 Å². The fourth-order valence-corrected chi connectivity index (χ4v) is 5.74. The molecule has 1 fully saturated rings. The summed E-state index contributed by atoms with van der Waals surface area (Å²) in [6.45, 7) is 7.11. The Labute approximate surface area is 189 Å². The Morgan fingerprint density at radius 2 is 1.94 bits per heavy atom. The number of amides is 1. The summed E-state index contributed by atoms with van der Waals surface area (Å²) < 4.78 is 29.4. The second-order valence-corrected chi connectivity index (χ2v) is 10.6. The van der Waals surface area contributed by atoms with Gasteiger partial charge in [0.25, 0.3) is 0 Å². The van der Waals surface area contributed by atoms with Crippen molar-refractivity contribution in [3.8, 4) is 0 Å². The molecule has 0 radical (unpaired) electrons. The van der Waals surface area contributed by atoms with Crippen LogP contribution in [0.3, 0.4) is 0 Å². The largest absolute Gasteiger partial charge is 0.345 e. The van der Waals surface area contributed by atoms with E-state index >= 15 is 0 Å². The highest BCUT2D eigenvalue weighted by Crippen LogP contribution is 2.21. The zero-order valence-electron chi connectivity index (χ0n) is 18.8. The molecule has 0 spiro atoms. The number of rotatable bonds is 6. The average molecular weight is 455 g/mol. The van der Waals surface area contributed by atoms with Gasteiger partial charge >= 0.3 is 0 Å². The van der Waals surface area contributed by atoms with Crippen LogP contribution in [0.2, 0.25) is 0 Å². The minimum atomic E-state index is -3.88. The maximum atomic E-state index is 13.5. The van der Waals surface area contributed by atoms with E-state index in [0.29, 0.717) is 24.6 Å². The van der Waals surface area contributed by atoms with E-state index in [9.17, 15) is 13.2 Å². The number of imidazole rings is 1. The summed E-state index contributed by atoms with van der Waals surface area (Å²) in [6, 6.07) is 10.1. The molecule has 7 nitrogen and oxygen atoms in total. The number of hydrogen-bond donors (Lipinski definition) is 2. The molecule has 0 saturated carbocycles. The monoisotopic (exact) mass is 454 g/mol. The number of carbonyl (C=O) groups is 1. The van der Waals surface area contributed by atoms with Gasteiger partial charge in [0, 0.05) is 13.1 Å². The summed E-state index contributed by atoms with van der Waals surface area (Å²) in [5.41, 5.74) is 4.07. The van der Waals surface area contributed by atoms with Crippen LogP contribution in [-0.2, 0) is 21.2 Å². The van der Waals surface area contributed by atoms with Crippen molar-refractivity contribution in [2.45, 2.75) is 51.0 Å². The highest BCUT2D eigenvalue weighted by molar-refractivity contribution is 7.89. The summed E-state index contributed by atoms with van der Waals surface area (Å²) in [5.74, 6) is 0.405. The number of hydrogen-bond acceptors (Lipinski definition) is 4. The first-order chi connectivity index (χ1) is 15.2. The molecule has 1 saturated heterocycles. The van der Waals surface area contributed by atoms with E-state index in [4.69, 9.17) is 0 Å². The number of sulfonamides is 1. The van der Waals surface area contributed by atoms with E-state index in [1.165, 1.54) is 0 Å². The van der Waals surface area contributed by atoms with E-state index in [2.05, 4.69) is 21.6 Å². The third-order valence-electron chi connectivity index (χ3n) is 6.25. The maximum absolute atomic E-state index is 13.5. The van der Waals surface area contributed by atoms with Crippen LogP contribution in [0.25, 0.3) is 11.0 Å². The number of fused-ring (bicyclic) bond motifs is 1. The molecule has 1 unspecified atom stereocenters. The van der Waals surface area contributed by atoms with Gasteiger partial charge in [0.1, 0.15) is 6.04 Å². The fraction of sp³-hybridized carbons (Fsp3) is 0.417. The number of benzene rings is 2. The molecular weight excluding hydrogens is 424 g/mol. The lowest BCUT2D eigenvalue weighted by atomic mass is 9.98.